The Morgan fingerprint density at radius 3 is 2.78 bits per heavy atom. The van der Waals surface area contributed by atoms with Gasteiger partial charge >= 0.3 is 5.97 Å². The van der Waals surface area contributed by atoms with Gasteiger partial charge in [-0.05, 0) is 25.0 Å². The molecule has 126 valence electrons. The van der Waals surface area contributed by atoms with Gasteiger partial charge in [0.05, 0.1) is 6.61 Å². The number of nitrogens with one attached hydrogen (secondary N) is 1. The molecule has 0 aliphatic carbocycles. The molecular formula is C16H21NO6. The molecule has 1 heterocycles. The summed E-state index contributed by atoms with van der Waals surface area (Å²) in [6.45, 7) is 1.15. The molecule has 0 saturated carbocycles. The second kappa shape index (κ2) is 8.50. The average molecular weight is 323 g/mol. The number of anilines is 1. The van der Waals surface area contributed by atoms with Crippen LogP contribution in [0.5, 0.6) is 5.75 Å². The van der Waals surface area contributed by atoms with Gasteiger partial charge in [-0.1, -0.05) is 6.07 Å². The van der Waals surface area contributed by atoms with Crippen LogP contribution in [-0.4, -0.2) is 49.5 Å². The fourth-order valence-electron chi connectivity index (χ4n) is 2.29. The van der Waals surface area contributed by atoms with Crippen molar-refractivity contribution < 1.29 is 28.9 Å². The Hall–Kier alpha value is -2.12. The van der Waals surface area contributed by atoms with E-state index < -0.39 is 18.2 Å². The lowest BCUT2D eigenvalue weighted by Crippen LogP contribution is -2.29. The summed E-state index contributed by atoms with van der Waals surface area (Å²) < 4.78 is 15.7. The Bertz CT molecular complexity index is 547. The molecule has 1 saturated heterocycles. The van der Waals surface area contributed by atoms with Crippen molar-refractivity contribution in [3.8, 4) is 5.75 Å². The first-order valence-corrected chi connectivity index (χ1v) is 7.51. The molecule has 23 heavy (non-hydrogen) atoms. The summed E-state index contributed by atoms with van der Waals surface area (Å²) >= 11 is 0. The Kier molecular flexibility index (Phi) is 6.37. The number of methoxy groups -OCH3 is 1. The highest BCUT2D eigenvalue weighted by Crippen LogP contribution is 2.23. The van der Waals surface area contributed by atoms with E-state index in [9.17, 15) is 9.59 Å². The van der Waals surface area contributed by atoms with Crippen LogP contribution in [0.1, 0.15) is 19.3 Å². The van der Waals surface area contributed by atoms with Gasteiger partial charge in [0.2, 0.25) is 0 Å². The molecule has 0 unspecified atom stereocenters. The van der Waals surface area contributed by atoms with Crippen molar-refractivity contribution in [1.82, 2.24) is 0 Å². The number of carboxylic acids is 1. The normalized spacial score (nSPS) is 20.2. The fourth-order valence-corrected chi connectivity index (χ4v) is 2.29. The average Bonchev–Trinajstić information content (AvgIpc) is 3.02. The highest BCUT2D eigenvalue weighted by molar-refractivity contribution is 5.94. The zero-order valence-corrected chi connectivity index (χ0v) is 13.0. The summed E-state index contributed by atoms with van der Waals surface area (Å²) in [5.74, 6) is -0.730. The number of carboxylic acid groups (broad SMARTS) is 1. The maximum absolute atomic E-state index is 12.1. The van der Waals surface area contributed by atoms with Crippen molar-refractivity contribution in [3.05, 3.63) is 24.3 Å². The van der Waals surface area contributed by atoms with Crippen LogP contribution in [0.4, 0.5) is 5.69 Å². The van der Waals surface area contributed by atoms with Crippen LogP contribution in [0.15, 0.2) is 24.3 Å². The van der Waals surface area contributed by atoms with Crippen molar-refractivity contribution in [2.45, 2.75) is 31.5 Å². The number of hydrogen-bond donors (Lipinski definition) is 2. The van der Waals surface area contributed by atoms with Gasteiger partial charge in [0.15, 0.2) is 6.10 Å². The Morgan fingerprint density at radius 2 is 2.09 bits per heavy atom. The lowest BCUT2D eigenvalue weighted by Gasteiger charge is -2.13. The van der Waals surface area contributed by atoms with Crippen LogP contribution < -0.4 is 10.1 Å². The lowest BCUT2D eigenvalue weighted by molar-refractivity contribution is -0.150. The Morgan fingerprint density at radius 1 is 1.30 bits per heavy atom. The predicted molar refractivity (Wildman–Crippen MR) is 82.6 cm³/mol. The van der Waals surface area contributed by atoms with Gasteiger partial charge in [-0.15, -0.1) is 0 Å². The van der Waals surface area contributed by atoms with E-state index in [1.165, 1.54) is 0 Å². The first-order chi connectivity index (χ1) is 11.1. The van der Waals surface area contributed by atoms with Gasteiger partial charge in [0.1, 0.15) is 11.9 Å². The van der Waals surface area contributed by atoms with E-state index in [0.29, 0.717) is 37.5 Å². The molecule has 0 aromatic heterocycles. The molecular weight excluding hydrogens is 302 g/mol. The highest BCUT2D eigenvalue weighted by Gasteiger charge is 2.34. The fraction of sp³-hybridized carbons (Fsp3) is 0.500. The standard InChI is InChI=1S/C16H21NO6/c1-21-8-3-9-22-12-5-2-4-11(10-12)17-15(18)13-6-7-14(23-13)16(19)20/h2,4-5,10,13-14H,3,6-9H2,1H3,(H,17,18)(H,19,20)/t13-,14+/m0/s1. The Balaban J connectivity index is 1.85. The lowest BCUT2D eigenvalue weighted by atomic mass is 10.2. The smallest absolute Gasteiger partial charge is 0.332 e. The minimum Gasteiger partial charge on any atom is -0.493 e. The van der Waals surface area contributed by atoms with E-state index in [2.05, 4.69) is 5.32 Å². The minimum atomic E-state index is -1.04. The predicted octanol–water partition coefficient (Wildman–Crippen LogP) is 1.67. The molecule has 1 aliphatic heterocycles. The maximum atomic E-state index is 12.1. The molecule has 0 radical (unpaired) electrons. The number of amides is 1. The molecule has 1 aromatic rings. The minimum absolute atomic E-state index is 0.342. The molecule has 7 nitrogen and oxygen atoms in total. The van der Waals surface area contributed by atoms with Crippen molar-refractivity contribution in [1.29, 1.82) is 0 Å². The van der Waals surface area contributed by atoms with Gasteiger partial charge in [-0.25, -0.2) is 4.79 Å². The molecule has 2 N–H and O–H groups in total. The van der Waals surface area contributed by atoms with Crippen molar-refractivity contribution >= 4 is 17.6 Å². The zero-order chi connectivity index (χ0) is 16.7. The van der Waals surface area contributed by atoms with Crippen LogP contribution in [0.2, 0.25) is 0 Å². The topological polar surface area (TPSA) is 94.1 Å². The van der Waals surface area contributed by atoms with Gasteiger partial charge in [-0.3, -0.25) is 4.79 Å². The maximum Gasteiger partial charge on any atom is 0.332 e. The first-order valence-electron chi connectivity index (χ1n) is 7.51. The summed E-state index contributed by atoms with van der Waals surface area (Å²) in [5.41, 5.74) is 0.585. The van der Waals surface area contributed by atoms with Crippen LogP contribution in [0, 0.1) is 0 Å². The number of ether oxygens (including phenoxy) is 3. The van der Waals surface area contributed by atoms with Crippen molar-refractivity contribution in [3.63, 3.8) is 0 Å². The molecule has 7 heteroatoms. The van der Waals surface area contributed by atoms with Crippen LogP contribution in [0.25, 0.3) is 0 Å². The molecule has 0 bridgehead atoms. The number of hydrogen-bond acceptors (Lipinski definition) is 5. The quantitative estimate of drug-likeness (QED) is 0.707. The monoisotopic (exact) mass is 323 g/mol. The van der Waals surface area contributed by atoms with E-state index in [0.717, 1.165) is 6.42 Å². The third kappa shape index (κ3) is 5.22. The first kappa shape index (κ1) is 17.2. The van der Waals surface area contributed by atoms with Crippen LogP contribution in [-0.2, 0) is 19.1 Å². The molecule has 1 fully saturated rings. The third-order valence-electron chi connectivity index (χ3n) is 3.45. The van der Waals surface area contributed by atoms with Gasteiger partial charge in [0, 0.05) is 31.9 Å². The summed E-state index contributed by atoms with van der Waals surface area (Å²) in [6, 6.07) is 7.03. The van der Waals surface area contributed by atoms with Gasteiger partial charge < -0.3 is 24.6 Å². The van der Waals surface area contributed by atoms with Crippen LogP contribution >= 0.6 is 0 Å². The molecule has 1 aliphatic rings. The Labute approximate surface area is 134 Å². The third-order valence-corrected chi connectivity index (χ3v) is 3.45. The zero-order valence-electron chi connectivity index (χ0n) is 13.0. The van der Waals surface area contributed by atoms with Gasteiger partial charge in [0.25, 0.3) is 5.91 Å². The highest BCUT2D eigenvalue weighted by atomic mass is 16.5. The second-order valence-electron chi connectivity index (χ2n) is 5.24. The number of carbonyl (C=O) groups excluding carboxylic acids is 1. The SMILES string of the molecule is COCCCOc1cccc(NC(=O)[C@@H]2CC[C@H](C(=O)O)O2)c1. The van der Waals surface area contributed by atoms with Crippen molar-refractivity contribution in [2.24, 2.45) is 0 Å². The molecule has 2 atom stereocenters. The number of aliphatic carboxylic acids is 1. The number of rotatable bonds is 8. The molecule has 0 spiro atoms. The van der Waals surface area contributed by atoms with E-state index in [4.69, 9.17) is 19.3 Å². The van der Waals surface area contributed by atoms with E-state index in [1.54, 1.807) is 31.4 Å². The number of carbonyl (C=O) groups is 2. The summed E-state index contributed by atoms with van der Waals surface area (Å²) in [6.07, 6.45) is -0.116. The van der Waals surface area contributed by atoms with E-state index >= 15 is 0 Å². The number of benzene rings is 1. The second-order valence-corrected chi connectivity index (χ2v) is 5.24. The summed E-state index contributed by atoms with van der Waals surface area (Å²) in [5, 5.41) is 11.6. The largest absolute Gasteiger partial charge is 0.493 e. The van der Waals surface area contributed by atoms with Crippen LogP contribution in [0.3, 0.4) is 0 Å². The molecule has 1 amide bonds. The summed E-state index contributed by atoms with van der Waals surface area (Å²) in [4.78, 5) is 22.9. The van der Waals surface area contributed by atoms with Gasteiger partial charge in [-0.2, -0.15) is 0 Å². The van der Waals surface area contributed by atoms with E-state index in [-0.39, 0.29) is 5.91 Å². The molecule has 2 rings (SSSR count). The van der Waals surface area contributed by atoms with Crippen molar-refractivity contribution in [2.75, 3.05) is 25.6 Å². The summed E-state index contributed by atoms with van der Waals surface area (Å²) in [7, 11) is 1.64. The van der Waals surface area contributed by atoms with E-state index in [1.807, 2.05) is 0 Å². The molecule has 1 aromatic carbocycles.